The number of nitrogens with one attached hydrogen (secondary N) is 1. The van der Waals surface area contributed by atoms with E-state index in [2.05, 4.69) is 15.3 Å². The van der Waals surface area contributed by atoms with E-state index < -0.39 is 11.8 Å². The van der Waals surface area contributed by atoms with Gasteiger partial charge in [0.2, 0.25) is 5.60 Å². The number of ether oxygens (including phenoxy) is 1. The fourth-order valence-corrected chi connectivity index (χ4v) is 3.26. The van der Waals surface area contributed by atoms with Crippen LogP contribution in [0.3, 0.4) is 0 Å². The van der Waals surface area contributed by atoms with Crippen molar-refractivity contribution >= 4 is 34.8 Å². The normalized spacial score (nSPS) is 18.3. The number of hydrogen-bond donors (Lipinski definition) is 1. The molecule has 0 unspecified atom stereocenters. The van der Waals surface area contributed by atoms with E-state index in [0.29, 0.717) is 0 Å². The molecule has 132 valence electrons. The zero-order valence-electron chi connectivity index (χ0n) is 12.7. The van der Waals surface area contributed by atoms with Gasteiger partial charge in [-0.2, -0.15) is 13.2 Å². The Morgan fingerprint density at radius 3 is 2.04 bits per heavy atom. The van der Waals surface area contributed by atoms with Crippen molar-refractivity contribution in [3.8, 4) is 0 Å². The highest BCUT2D eigenvalue weighted by molar-refractivity contribution is 6.31. The molecule has 2 aliphatic rings. The molecule has 3 heterocycles. The van der Waals surface area contributed by atoms with Crippen LogP contribution in [0.5, 0.6) is 0 Å². The van der Waals surface area contributed by atoms with Gasteiger partial charge in [0.05, 0.1) is 16.7 Å². The molecule has 1 N–H and O–H groups in total. The maximum absolute atomic E-state index is 14.4. The minimum Gasteiger partial charge on any atom is -0.356 e. The number of halogens is 5. The summed E-state index contributed by atoms with van der Waals surface area (Å²) in [4.78, 5) is 7.99. The van der Waals surface area contributed by atoms with E-state index in [1.54, 1.807) is 0 Å². The highest BCUT2D eigenvalue weighted by atomic mass is 35.5. The zero-order valence-corrected chi connectivity index (χ0v) is 14.2. The molecular weight excluding hydrogens is 378 g/mol. The molecule has 4 rings (SSSR count). The summed E-state index contributed by atoms with van der Waals surface area (Å²) in [5.74, 6) is 0.153. The topological polar surface area (TPSA) is 47.0 Å². The second-order valence-electron chi connectivity index (χ2n) is 6.16. The smallest absolute Gasteiger partial charge is 0.356 e. The molecular formula is C16H12Cl2F3N3O. The molecule has 1 aliphatic heterocycles. The van der Waals surface area contributed by atoms with Crippen LogP contribution < -0.4 is 5.32 Å². The van der Waals surface area contributed by atoms with Crippen LogP contribution in [0.4, 0.5) is 24.8 Å². The van der Waals surface area contributed by atoms with E-state index in [-0.39, 0.29) is 45.3 Å². The molecule has 1 saturated carbocycles. The van der Waals surface area contributed by atoms with Gasteiger partial charge in [-0.25, -0.2) is 9.97 Å². The van der Waals surface area contributed by atoms with E-state index in [4.69, 9.17) is 27.9 Å². The van der Waals surface area contributed by atoms with Crippen LogP contribution in [-0.4, -0.2) is 22.8 Å². The highest BCUT2D eigenvalue weighted by Gasteiger charge is 2.63. The molecule has 4 nitrogen and oxygen atoms in total. The molecule has 2 aromatic heterocycles. The molecule has 1 fully saturated rings. The number of rotatable bonds is 3. The summed E-state index contributed by atoms with van der Waals surface area (Å²) < 4.78 is 48.7. The van der Waals surface area contributed by atoms with E-state index in [1.807, 2.05) is 0 Å². The van der Waals surface area contributed by atoms with Crippen molar-refractivity contribution in [2.45, 2.75) is 24.6 Å². The number of alkyl halides is 3. The van der Waals surface area contributed by atoms with Gasteiger partial charge in [0.1, 0.15) is 11.6 Å². The predicted octanol–water partition coefficient (Wildman–Crippen LogP) is 5.07. The maximum Gasteiger partial charge on any atom is 0.426 e. The van der Waals surface area contributed by atoms with Crippen LogP contribution >= 0.6 is 23.2 Å². The lowest BCUT2D eigenvalue weighted by molar-refractivity contribution is -0.268. The molecule has 0 atom stereocenters. The summed E-state index contributed by atoms with van der Waals surface area (Å²) in [5.41, 5.74) is -3.10. The first kappa shape index (κ1) is 16.9. The number of anilines is 2. The van der Waals surface area contributed by atoms with Crippen molar-refractivity contribution in [3.05, 3.63) is 45.7 Å². The Labute approximate surface area is 151 Å². The second-order valence-corrected chi connectivity index (χ2v) is 7.03. The van der Waals surface area contributed by atoms with Gasteiger partial charge in [0.25, 0.3) is 0 Å². The number of hydrogen-bond acceptors (Lipinski definition) is 4. The van der Waals surface area contributed by atoms with E-state index in [0.717, 1.165) is 12.8 Å². The number of fused-ring (bicyclic) bond motifs is 2. The monoisotopic (exact) mass is 389 g/mol. The van der Waals surface area contributed by atoms with E-state index >= 15 is 0 Å². The average molecular weight is 390 g/mol. The van der Waals surface area contributed by atoms with Crippen molar-refractivity contribution in [2.24, 2.45) is 5.92 Å². The third kappa shape index (κ3) is 2.74. The van der Waals surface area contributed by atoms with Crippen molar-refractivity contribution in [1.29, 1.82) is 0 Å². The van der Waals surface area contributed by atoms with Gasteiger partial charge < -0.3 is 10.1 Å². The van der Waals surface area contributed by atoms with Gasteiger partial charge in [0, 0.05) is 23.5 Å². The predicted molar refractivity (Wildman–Crippen MR) is 87.3 cm³/mol. The second kappa shape index (κ2) is 5.72. The summed E-state index contributed by atoms with van der Waals surface area (Å²) in [7, 11) is 0. The first-order chi connectivity index (χ1) is 11.8. The summed E-state index contributed by atoms with van der Waals surface area (Å²) in [5, 5.41) is 2.98. The van der Waals surface area contributed by atoms with Gasteiger partial charge in [-0.3, -0.25) is 0 Å². The van der Waals surface area contributed by atoms with Crippen LogP contribution in [0.2, 0.25) is 10.0 Å². The Morgan fingerprint density at radius 2 is 1.60 bits per heavy atom. The summed E-state index contributed by atoms with van der Waals surface area (Å²) in [6.07, 6.45) is -0.500. The van der Waals surface area contributed by atoms with Crippen LogP contribution in [0, 0.1) is 5.92 Å². The standard InChI is InChI=1S/C16H12Cl2F3N3O/c17-9-3-11-13(22-5-9)24-14-12(4-10(18)6-23-14)15(11,16(19,20)21)25-7-8-1-2-8/h3-6,8H,1-2,7H2,(H,22,23,24). The molecule has 0 amide bonds. The van der Waals surface area contributed by atoms with Crippen molar-refractivity contribution in [3.63, 3.8) is 0 Å². The van der Waals surface area contributed by atoms with Gasteiger partial charge in [-0.05, 0) is 30.9 Å². The van der Waals surface area contributed by atoms with Crippen LogP contribution in [0.25, 0.3) is 0 Å². The zero-order chi connectivity index (χ0) is 17.8. The molecule has 0 spiro atoms. The molecule has 25 heavy (non-hydrogen) atoms. The fraction of sp³-hybridized carbons (Fsp3) is 0.375. The summed E-state index contributed by atoms with van der Waals surface area (Å²) in [6.45, 7) is -0.0165. The van der Waals surface area contributed by atoms with Crippen molar-refractivity contribution in [1.82, 2.24) is 9.97 Å². The first-order valence-corrected chi connectivity index (χ1v) is 8.36. The SMILES string of the molecule is FC(F)(F)C1(OCC2CC2)c2cc(Cl)cnc2Nc2ncc(Cl)cc21. The van der Waals surface area contributed by atoms with Crippen LogP contribution in [0.15, 0.2) is 24.5 Å². The lowest BCUT2D eigenvalue weighted by atomic mass is 9.83. The van der Waals surface area contributed by atoms with E-state index in [9.17, 15) is 13.2 Å². The van der Waals surface area contributed by atoms with E-state index in [1.165, 1.54) is 24.5 Å². The Kier molecular flexibility index (Phi) is 3.86. The van der Waals surface area contributed by atoms with Crippen molar-refractivity contribution in [2.75, 3.05) is 11.9 Å². The van der Waals surface area contributed by atoms with Gasteiger partial charge in [0.15, 0.2) is 0 Å². The molecule has 0 bridgehead atoms. The number of aromatic nitrogens is 2. The number of nitrogens with zero attached hydrogens (tertiary/aromatic N) is 2. The summed E-state index contributed by atoms with van der Waals surface area (Å²) >= 11 is 11.9. The maximum atomic E-state index is 14.4. The molecule has 0 saturated heterocycles. The highest BCUT2D eigenvalue weighted by Crippen LogP contribution is 2.55. The third-order valence-corrected chi connectivity index (χ3v) is 4.75. The Hall–Kier alpha value is -1.57. The quantitative estimate of drug-likeness (QED) is 0.795. The summed E-state index contributed by atoms with van der Waals surface area (Å²) in [6, 6.07) is 2.45. The molecule has 0 radical (unpaired) electrons. The van der Waals surface area contributed by atoms with Crippen molar-refractivity contribution < 1.29 is 17.9 Å². The lowest BCUT2D eigenvalue weighted by Crippen LogP contribution is -2.49. The molecule has 9 heteroatoms. The molecule has 1 aliphatic carbocycles. The van der Waals surface area contributed by atoms with Gasteiger partial charge in [-0.15, -0.1) is 0 Å². The third-order valence-electron chi connectivity index (χ3n) is 4.34. The van der Waals surface area contributed by atoms with Gasteiger partial charge >= 0.3 is 6.18 Å². The Bertz CT molecular complexity index is 788. The van der Waals surface area contributed by atoms with Crippen LogP contribution in [-0.2, 0) is 10.3 Å². The first-order valence-electron chi connectivity index (χ1n) is 7.61. The average Bonchev–Trinajstić information content (AvgIpc) is 3.35. The number of pyridine rings is 2. The minimum atomic E-state index is -4.76. The molecule has 2 aromatic rings. The minimum absolute atomic E-state index is 0.0137. The molecule has 0 aromatic carbocycles. The Morgan fingerprint density at radius 1 is 1.08 bits per heavy atom. The largest absolute Gasteiger partial charge is 0.426 e. The van der Waals surface area contributed by atoms with Crippen LogP contribution in [0.1, 0.15) is 24.0 Å². The Balaban J connectivity index is 1.98. The lowest BCUT2D eigenvalue weighted by Gasteiger charge is -2.40. The van der Waals surface area contributed by atoms with Gasteiger partial charge in [-0.1, -0.05) is 23.2 Å². The fourth-order valence-electron chi connectivity index (χ4n) is 2.94.